The smallest absolute Gasteiger partial charge is 0.216 e. The van der Waals surface area contributed by atoms with Crippen LogP contribution >= 0.6 is 11.6 Å². The van der Waals surface area contributed by atoms with Crippen LogP contribution in [0.4, 0.5) is 5.69 Å². The van der Waals surface area contributed by atoms with Crippen molar-refractivity contribution in [2.45, 2.75) is 6.61 Å². The summed E-state index contributed by atoms with van der Waals surface area (Å²) in [4.78, 5) is 0. The number of ether oxygens (including phenoxy) is 1. The van der Waals surface area contributed by atoms with Crippen LogP contribution in [0.3, 0.4) is 0 Å². The summed E-state index contributed by atoms with van der Waals surface area (Å²) in [5, 5.41) is 12.8. The largest absolute Gasteiger partial charge is 0.618 e. The van der Waals surface area contributed by atoms with Gasteiger partial charge in [-0.05, 0) is 42.0 Å². The Labute approximate surface area is 146 Å². The first kappa shape index (κ1) is 16.1. The van der Waals surface area contributed by atoms with Gasteiger partial charge in [-0.3, -0.25) is 0 Å². The van der Waals surface area contributed by atoms with Crippen LogP contribution in [0.2, 0.25) is 5.02 Å². The van der Waals surface area contributed by atoms with E-state index in [1.54, 1.807) is 48.5 Å². The molecule has 0 heterocycles. The Kier molecular flexibility index (Phi) is 5.14. The average molecular weight is 338 g/mol. The van der Waals surface area contributed by atoms with Crippen molar-refractivity contribution in [1.29, 1.82) is 0 Å². The number of benzene rings is 3. The number of hydrogen-bond acceptors (Lipinski definition) is 2. The van der Waals surface area contributed by atoms with Crippen molar-refractivity contribution in [3.8, 4) is 5.75 Å². The van der Waals surface area contributed by atoms with Crippen LogP contribution in [-0.4, -0.2) is 11.0 Å². The maximum absolute atomic E-state index is 12.2. The third-order valence-electron chi connectivity index (χ3n) is 3.48. The minimum atomic E-state index is 0.498. The zero-order chi connectivity index (χ0) is 16.8. The van der Waals surface area contributed by atoms with Gasteiger partial charge in [-0.1, -0.05) is 41.9 Å². The zero-order valence-electron chi connectivity index (χ0n) is 12.9. The fourth-order valence-corrected chi connectivity index (χ4v) is 2.31. The second-order valence-electron chi connectivity index (χ2n) is 5.27. The van der Waals surface area contributed by atoms with Crippen LogP contribution in [0.1, 0.15) is 11.1 Å². The first-order valence-electron chi connectivity index (χ1n) is 7.54. The van der Waals surface area contributed by atoms with E-state index in [0.717, 1.165) is 21.6 Å². The Morgan fingerprint density at radius 3 is 2.21 bits per heavy atom. The quantitative estimate of drug-likeness (QED) is 0.278. The van der Waals surface area contributed by atoms with E-state index in [2.05, 4.69) is 0 Å². The van der Waals surface area contributed by atoms with Gasteiger partial charge in [0, 0.05) is 22.7 Å². The maximum atomic E-state index is 12.2. The number of nitrogens with zero attached hydrogens (tertiary/aromatic N) is 1. The van der Waals surface area contributed by atoms with Crippen LogP contribution in [0.5, 0.6) is 5.75 Å². The van der Waals surface area contributed by atoms with Crippen LogP contribution in [-0.2, 0) is 6.61 Å². The molecule has 24 heavy (non-hydrogen) atoms. The molecule has 0 fully saturated rings. The summed E-state index contributed by atoms with van der Waals surface area (Å²) in [6, 6.07) is 24.1. The van der Waals surface area contributed by atoms with Crippen molar-refractivity contribution >= 4 is 23.5 Å². The van der Waals surface area contributed by atoms with Gasteiger partial charge in [0.2, 0.25) is 5.69 Å². The SMILES string of the molecule is [O-][N+](=Cc1ccc(Cl)cc1)c1ccc(OCc2ccccc2)cc1. The molecular weight excluding hydrogens is 322 g/mol. The molecule has 0 amide bonds. The van der Waals surface area contributed by atoms with Gasteiger partial charge in [-0.15, -0.1) is 0 Å². The van der Waals surface area contributed by atoms with E-state index in [9.17, 15) is 5.21 Å². The fraction of sp³-hybridized carbons (Fsp3) is 0.0500. The molecule has 120 valence electrons. The van der Waals surface area contributed by atoms with E-state index in [-0.39, 0.29) is 0 Å². The summed E-state index contributed by atoms with van der Waals surface area (Å²) < 4.78 is 6.54. The van der Waals surface area contributed by atoms with Gasteiger partial charge >= 0.3 is 0 Å². The van der Waals surface area contributed by atoms with E-state index >= 15 is 0 Å². The van der Waals surface area contributed by atoms with E-state index in [0.29, 0.717) is 17.3 Å². The molecular formula is C20H16ClNO2. The molecule has 0 atom stereocenters. The summed E-state index contributed by atoms with van der Waals surface area (Å²) in [7, 11) is 0. The van der Waals surface area contributed by atoms with E-state index in [4.69, 9.17) is 16.3 Å². The summed E-state index contributed by atoms with van der Waals surface area (Å²) in [6.07, 6.45) is 1.51. The molecule has 3 aromatic rings. The molecule has 3 rings (SSSR count). The molecule has 4 heteroatoms. The van der Waals surface area contributed by atoms with Gasteiger partial charge in [-0.2, -0.15) is 4.74 Å². The first-order chi connectivity index (χ1) is 11.7. The topological polar surface area (TPSA) is 35.3 Å². The molecule has 0 radical (unpaired) electrons. The van der Waals surface area contributed by atoms with Crippen LogP contribution in [0.25, 0.3) is 0 Å². The lowest BCUT2D eigenvalue weighted by molar-refractivity contribution is -0.354. The molecule has 3 nitrogen and oxygen atoms in total. The van der Waals surface area contributed by atoms with Gasteiger partial charge in [0.15, 0.2) is 6.21 Å². The van der Waals surface area contributed by atoms with Gasteiger partial charge in [0.1, 0.15) is 12.4 Å². The highest BCUT2D eigenvalue weighted by Gasteiger charge is 2.03. The molecule has 0 aliphatic carbocycles. The highest BCUT2D eigenvalue weighted by atomic mass is 35.5. The maximum Gasteiger partial charge on any atom is 0.216 e. The van der Waals surface area contributed by atoms with E-state index in [1.807, 2.05) is 30.3 Å². The zero-order valence-corrected chi connectivity index (χ0v) is 13.7. The minimum Gasteiger partial charge on any atom is -0.618 e. The summed E-state index contributed by atoms with van der Waals surface area (Å²) >= 11 is 5.84. The van der Waals surface area contributed by atoms with Gasteiger partial charge in [0.25, 0.3) is 0 Å². The molecule has 0 unspecified atom stereocenters. The van der Waals surface area contributed by atoms with Gasteiger partial charge in [-0.25, -0.2) is 0 Å². The molecule has 0 saturated carbocycles. The minimum absolute atomic E-state index is 0.498. The molecule has 0 N–H and O–H groups in total. The van der Waals surface area contributed by atoms with E-state index in [1.165, 1.54) is 6.21 Å². The number of hydrogen-bond donors (Lipinski definition) is 0. The van der Waals surface area contributed by atoms with Crippen LogP contribution in [0, 0.1) is 5.21 Å². The molecule has 3 aromatic carbocycles. The Hall–Kier alpha value is -2.78. The Morgan fingerprint density at radius 1 is 0.875 bits per heavy atom. The predicted molar refractivity (Wildman–Crippen MR) is 97.1 cm³/mol. The normalized spacial score (nSPS) is 11.3. The van der Waals surface area contributed by atoms with Crippen molar-refractivity contribution in [3.05, 3.63) is 100 Å². The summed E-state index contributed by atoms with van der Waals surface area (Å²) in [6.45, 7) is 0.498. The third kappa shape index (κ3) is 4.37. The second-order valence-corrected chi connectivity index (χ2v) is 5.71. The average Bonchev–Trinajstić information content (AvgIpc) is 2.63. The third-order valence-corrected chi connectivity index (χ3v) is 3.73. The summed E-state index contributed by atoms with van der Waals surface area (Å²) in [5.74, 6) is 0.725. The lowest BCUT2D eigenvalue weighted by Crippen LogP contribution is -1.99. The van der Waals surface area contributed by atoms with E-state index < -0.39 is 0 Å². The van der Waals surface area contributed by atoms with Crippen molar-refractivity contribution < 1.29 is 9.48 Å². The number of halogens is 1. The molecule has 0 aliphatic rings. The monoisotopic (exact) mass is 337 g/mol. The highest BCUT2D eigenvalue weighted by Crippen LogP contribution is 2.19. The van der Waals surface area contributed by atoms with Crippen molar-refractivity contribution in [2.75, 3.05) is 0 Å². The second kappa shape index (κ2) is 7.66. The van der Waals surface area contributed by atoms with Crippen LogP contribution in [0.15, 0.2) is 78.9 Å². The Bertz CT molecular complexity index is 813. The Balaban J connectivity index is 1.66. The van der Waals surface area contributed by atoms with Gasteiger partial charge in [0.05, 0.1) is 0 Å². The van der Waals surface area contributed by atoms with Crippen molar-refractivity contribution in [3.63, 3.8) is 0 Å². The predicted octanol–water partition coefficient (Wildman–Crippen LogP) is 5.18. The molecule has 0 aliphatic heterocycles. The van der Waals surface area contributed by atoms with Crippen molar-refractivity contribution in [1.82, 2.24) is 0 Å². The molecule has 0 aromatic heterocycles. The Morgan fingerprint density at radius 2 is 1.54 bits per heavy atom. The lowest BCUT2D eigenvalue weighted by atomic mass is 10.2. The van der Waals surface area contributed by atoms with Crippen LogP contribution < -0.4 is 4.74 Å². The summed E-state index contributed by atoms with van der Waals surface area (Å²) in [5.41, 5.74) is 2.43. The number of rotatable bonds is 5. The molecule has 0 saturated heterocycles. The standard InChI is InChI=1S/C20H16ClNO2/c21-18-8-6-16(7-9-18)14-22(23)19-10-12-20(13-11-19)24-15-17-4-2-1-3-5-17/h1-14H,15H2. The lowest BCUT2D eigenvalue weighted by Gasteiger charge is -2.07. The molecule has 0 bridgehead atoms. The van der Waals surface area contributed by atoms with Gasteiger partial charge < -0.3 is 9.94 Å². The van der Waals surface area contributed by atoms with Crippen molar-refractivity contribution in [2.24, 2.45) is 0 Å². The first-order valence-corrected chi connectivity index (χ1v) is 7.92. The fourth-order valence-electron chi connectivity index (χ4n) is 2.19. The highest BCUT2D eigenvalue weighted by molar-refractivity contribution is 6.30. The molecule has 0 spiro atoms.